The first-order valence-corrected chi connectivity index (χ1v) is 13.3. The number of thiazole rings is 1. The van der Waals surface area contributed by atoms with Gasteiger partial charge in [-0.1, -0.05) is 50.3 Å². The number of carbonyl (C=O) groups excluding carboxylic acids is 1. The van der Waals surface area contributed by atoms with Crippen molar-refractivity contribution >= 4 is 33.1 Å². The van der Waals surface area contributed by atoms with Crippen LogP contribution < -0.4 is 15.0 Å². The number of esters is 1. The molecule has 0 aliphatic carbocycles. The highest BCUT2D eigenvalue weighted by Crippen LogP contribution is 2.43. The summed E-state index contributed by atoms with van der Waals surface area (Å²) in [7, 11) is 1.42. The minimum atomic E-state index is -0.877. The molecule has 0 bridgehead atoms. The van der Waals surface area contributed by atoms with Crippen LogP contribution in [0.25, 0.3) is 0 Å². The van der Waals surface area contributed by atoms with Crippen molar-refractivity contribution in [1.29, 1.82) is 0 Å². The van der Waals surface area contributed by atoms with Gasteiger partial charge in [-0.25, -0.2) is 9.97 Å². The van der Waals surface area contributed by atoms with Gasteiger partial charge in [0, 0.05) is 24.8 Å². The molecule has 0 amide bonds. The van der Waals surface area contributed by atoms with Crippen LogP contribution >= 0.6 is 11.3 Å². The average molecular weight is 509 g/mol. The predicted octanol–water partition coefficient (Wildman–Crippen LogP) is 6.81. The number of hydrogen-bond acceptors (Lipinski definition) is 8. The van der Waals surface area contributed by atoms with Crippen molar-refractivity contribution in [3.63, 3.8) is 0 Å². The summed E-state index contributed by atoms with van der Waals surface area (Å²) in [5.74, 6) is 0.937. The molecule has 1 aliphatic heterocycles. The lowest BCUT2D eigenvalue weighted by molar-refractivity contribution is -0.146. The van der Waals surface area contributed by atoms with E-state index in [0.29, 0.717) is 16.7 Å². The molecule has 7 nitrogen and oxygen atoms in total. The molecular formula is C28H36N4O3S. The zero-order valence-corrected chi connectivity index (χ0v) is 22.9. The zero-order chi connectivity index (χ0) is 25.9. The third-order valence-corrected chi connectivity index (χ3v) is 7.49. The molecule has 1 aliphatic rings. The maximum absolute atomic E-state index is 12.7. The van der Waals surface area contributed by atoms with Crippen molar-refractivity contribution < 1.29 is 14.3 Å². The highest BCUT2D eigenvalue weighted by Gasteiger charge is 2.38. The molecule has 1 saturated heterocycles. The minimum Gasteiger partial charge on any atom is -0.468 e. The molecule has 0 spiro atoms. The molecule has 3 aromatic rings. The second kappa shape index (κ2) is 10.5. The molecule has 0 radical (unpaired) electrons. The molecule has 1 aromatic carbocycles. The van der Waals surface area contributed by atoms with E-state index in [0.717, 1.165) is 47.9 Å². The van der Waals surface area contributed by atoms with Crippen LogP contribution in [-0.4, -0.2) is 36.1 Å². The van der Waals surface area contributed by atoms with E-state index in [1.54, 1.807) is 17.5 Å². The van der Waals surface area contributed by atoms with Gasteiger partial charge in [-0.2, -0.15) is 0 Å². The molecule has 1 fully saturated rings. The third-order valence-electron chi connectivity index (χ3n) is 6.45. The normalized spacial score (nSPS) is 14.4. The number of pyridine rings is 1. The van der Waals surface area contributed by atoms with Gasteiger partial charge in [-0.05, 0) is 56.7 Å². The number of anilines is 3. The van der Waals surface area contributed by atoms with E-state index in [1.807, 2.05) is 44.2 Å². The number of rotatable bonds is 7. The number of piperidine rings is 1. The number of methoxy groups -OCH3 is 1. The first kappa shape index (κ1) is 25.9. The van der Waals surface area contributed by atoms with E-state index < -0.39 is 5.41 Å². The number of para-hydroxylation sites is 1. The van der Waals surface area contributed by atoms with Crippen LogP contribution in [-0.2, 0) is 20.4 Å². The molecule has 0 saturated carbocycles. The van der Waals surface area contributed by atoms with Gasteiger partial charge in [-0.3, -0.25) is 4.79 Å². The predicted molar refractivity (Wildman–Crippen MR) is 146 cm³/mol. The van der Waals surface area contributed by atoms with Gasteiger partial charge in [0.05, 0.1) is 12.8 Å². The fourth-order valence-electron chi connectivity index (χ4n) is 4.40. The maximum atomic E-state index is 12.7. The number of nitrogens with zero attached hydrogens (tertiary/aromatic N) is 3. The van der Waals surface area contributed by atoms with Crippen LogP contribution in [0, 0.1) is 0 Å². The maximum Gasteiger partial charge on any atom is 0.317 e. The van der Waals surface area contributed by atoms with Crippen molar-refractivity contribution in [3.8, 4) is 11.6 Å². The number of nitrogens with one attached hydrogen (secondary N) is 1. The Morgan fingerprint density at radius 2 is 1.75 bits per heavy atom. The van der Waals surface area contributed by atoms with Gasteiger partial charge < -0.3 is 19.7 Å². The third kappa shape index (κ3) is 5.48. The topological polar surface area (TPSA) is 76.6 Å². The van der Waals surface area contributed by atoms with Gasteiger partial charge >= 0.3 is 5.97 Å². The molecule has 8 heteroatoms. The largest absolute Gasteiger partial charge is 0.468 e. The lowest BCUT2D eigenvalue weighted by Gasteiger charge is -2.30. The van der Waals surface area contributed by atoms with Crippen LogP contribution in [0.2, 0.25) is 0 Å². The number of ether oxygens (including phenoxy) is 2. The van der Waals surface area contributed by atoms with Crippen molar-refractivity contribution in [1.82, 2.24) is 9.97 Å². The number of carbonyl (C=O) groups is 1. The van der Waals surface area contributed by atoms with E-state index in [2.05, 4.69) is 42.0 Å². The average Bonchev–Trinajstić information content (AvgIpc) is 3.29. The smallest absolute Gasteiger partial charge is 0.317 e. The van der Waals surface area contributed by atoms with Crippen LogP contribution in [0.1, 0.15) is 65.1 Å². The second-order valence-electron chi connectivity index (χ2n) is 10.7. The Balaban J connectivity index is 1.69. The van der Waals surface area contributed by atoms with Crippen molar-refractivity contribution in [3.05, 3.63) is 53.9 Å². The Hall–Kier alpha value is -3.13. The van der Waals surface area contributed by atoms with Gasteiger partial charge in [-0.15, -0.1) is 0 Å². The quantitative estimate of drug-likeness (QED) is 0.351. The lowest BCUT2D eigenvalue weighted by atomic mass is 9.86. The molecule has 192 valence electrons. The van der Waals surface area contributed by atoms with Crippen LogP contribution in [0.3, 0.4) is 0 Å². The highest BCUT2D eigenvalue weighted by molar-refractivity contribution is 7.19. The molecule has 3 heterocycles. The standard InChI is InChI=1S/C28H36N4O3S/c1-27(2,3)19-13-8-9-15-21(19)35-23-20(14-12-16-29-23)30-26-31-22(28(4,5)25(33)34-6)24(36-26)32-17-10-7-11-18-32/h8-9,12-16H,7,10-11,17-18H2,1-6H3,(H,30,31). The molecule has 2 aromatic heterocycles. The van der Waals surface area contributed by atoms with Crippen molar-refractivity contribution in [2.75, 3.05) is 30.4 Å². The molecule has 4 rings (SSSR count). The Labute approximate surface area is 217 Å². The molecule has 0 atom stereocenters. The van der Waals surface area contributed by atoms with E-state index >= 15 is 0 Å². The summed E-state index contributed by atoms with van der Waals surface area (Å²) in [4.78, 5) is 24.4. The summed E-state index contributed by atoms with van der Waals surface area (Å²) in [6.45, 7) is 12.1. The summed E-state index contributed by atoms with van der Waals surface area (Å²) in [6.07, 6.45) is 5.20. The summed E-state index contributed by atoms with van der Waals surface area (Å²) >= 11 is 1.55. The van der Waals surface area contributed by atoms with Crippen molar-refractivity contribution in [2.45, 2.75) is 64.7 Å². The number of benzene rings is 1. The summed E-state index contributed by atoms with van der Waals surface area (Å²) in [5.41, 5.74) is 1.59. The summed E-state index contributed by atoms with van der Waals surface area (Å²) in [5, 5.41) is 5.12. The van der Waals surface area contributed by atoms with E-state index in [-0.39, 0.29) is 11.4 Å². The van der Waals surface area contributed by atoms with Crippen LogP contribution in [0.5, 0.6) is 11.6 Å². The monoisotopic (exact) mass is 508 g/mol. The second-order valence-corrected chi connectivity index (χ2v) is 11.6. The number of aromatic nitrogens is 2. The minimum absolute atomic E-state index is 0.0774. The van der Waals surface area contributed by atoms with Crippen LogP contribution in [0.4, 0.5) is 15.8 Å². The summed E-state index contributed by atoms with van der Waals surface area (Å²) in [6, 6.07) is 11.8. The van der Waals surface area contributed by atoms with Crippen LogP contribution in [0.15, 0.2) is 42.6 Å². The van der Waals surface area contributed by atoms with Gasteiger partial charge in [0.15, 0.2) is 5.13 Å². The van der Waals surface area contributed by atoms with E-state index in [9.17, 15) is 4.79 Å². The first-order valence-electron chi connectivity index (χ1n) is 12.5. The number of hydrogen-bond donors (Lipinski definition) is 1. The lowest BCUT2D eigenvalue weighted by Crippen LogP contribution is -2.35. The van der Waals surface area contributed by atoms with Gasteiger partial charge in [0.2, 0.25) is 5.88 Å². The van der Waals surface area contributed by atoms with E-state index in [4.69, 9.17) is 14.5 Å². The molecule has 36 heavy (non-hydrogen) atoms. The zero-order valence-electron chi connectivity index (χ0n) is 22.1. The molecule has 0 unspecified atom stereocenters. The Morgan fingerprint density at radius 1 is 1.03 bits per heavy atom. The fraction of sp³-hybridized carbons (Fsp3) is 0.464. The van der Waals surface area contributed by atoms with Gasteiger partial charge in [0.1, 0.15) is 21.9 Å². The molecule has 1 N–H and O–H groups in total. The molecular weight excluding hydrogens is 472 g/mol. The Morgan fingerprint density at radius 3 is 2.44 bits per heavy atom. The van der Waals surface area contributed by atoms with E-state index in [1.165, 1.54) is 13.5 Å². The SMILES string of the molecule is COC(=O)C(C)(C)c1nc(Nc2cccnc2Oc2ccccc2C(C)(C)C)sc1N1CCCCC1. The van der Waals surface area contributed by atoms with Gasteiger partial charge in [0.25, 0.3) is 0 Å². The first-order chi connectivity index (χ1) is 17.1. The Bertz CT molecular complexity index is 1210. The fourth-order valence-corrected chi connectivity index (χ4v) is 5.59. The highest BCUT2D eigenvalue weighted by atomic mass is 32.1. The Kier molecular flexibility index (Phi) is 7.54. The summed E-state index contributed by atoms with van der Waals surface area (Å²) < 4.78 is 11.5. The van der Waals surface area contributed by atoms with Crippen molar-refractivity contribution in [2.24, 2.45) is 0 Å².